The molecule has 0 atom stereocenters. The highest BCUT2D eigenvalue weighted by atomic mass is 32.2. The second-order valence-corrected chi connectivity index (χ2v) is 8.03. The number of benzene rings is 2. The molecule has 0 spiro atoms. The second kappa shape index (κ2) is 5.52. The van der Waals surface area contributed by atoms with E-state index in [1.807, 2.05) is 0 Å². The Balaban J connectivity index is 2.38. The van der Waals surface area contributed by atoms with Crippen LogP contribution in [0.2, 0.25) is 0 Å². The van der Waals surface area contributed by atoms with Crippen LogP contribution < -0.4 is 0 Å². The number of aromatic hydroxyl groups is 1. The van der Waals surface area contributed by atoms with Gasteiger partial charge in [-0.05, 0) is 36.6 Å². The van der Waals surface area contributed by atoms with Gasteiger partial charge in [0.25, 0.3) is 20.2 Å². The third-order valence-electron chi connectivity index (χ3n) is 3.44. The van der Waals surface area contributed by atoms with Crippen LogP contribution in [0.1, 0.15) is 5.69 Å². The Hall–Kier alpha value is -2.47. The normalized spacial score (nSPS) is 12.6. The molecule has 0 fully saturated rings. The van der Waals surface area contributed by atoms with E-state index < -0.39 is 30.0 Å². The first kappa shape index (κ1) is 17.4. The molecule has 3 N–H and O–H groups in total. The highest BCUT2D eigenvalue weighted by Gasteiger charge is 2.21. The Labute approximate surface area is 142 Å². The Morgan fingerprint density at radius 3 is 2.24 bits per heavy atom. The molecule has 0 bridgehead atoms. The fourth-order valence-electron chi connectivity index (χ4n) is 2.41. The number of rotatable bonds is 3. The van der Waals surface area contributed by atoms with Gasteiger partial charge in [-0.15, -0.1) is 0 Å². The molecule has 0 aliphatic carbocycles. The van der Waals surface area contributed by atoms with Crippen molar-refractivity contribution in [1.29, 1.82) is 0 Å². The van der Waals surface area contributed by atoms with E-state index in [-0.39, 0.29) is 16.7 Å². The van der Waals surface area contributed by atoms with E-state index >= 15 is 0 Å². The Kier molecular flexibility index (Phi) is 3.84. The van der Waals surface area contributed by atoms with Gasteiger partial charge in [-0.3, -0.25) is 9.11 Å². The van der Waals surface area contributed by atoms with Crippen molar-refractivity contribution in [1.82, 2.24) is 9.78 Å². The van der Waals surface area contributed by atoms with Crippen molar-refractivity contribution in [3.8, 4) is 11.6 Å². The van der Waals surface area contributed by atoms with Crippen LogP contribution in [0.15, 0.2) is 40.1 Å². The number of hydrogen-bond donors (Lipinski definition) is 3. The van der Waals surface area contributed by atoms with Crippen LogP contribution in [0, 0.1) is 13.0 Å². The summed E-state index contributed by atoms with van der Waals surface area (Å²) in [6, 6.07) is 8.35. The van der Waals surface area contributed by atoms with Crippen LogP contribution in [-0.4, -0.2) is 40.8 Å². The quantitative estimate of drug-likeness (QED) is 0.574. The first-order valence-corrected chi connectivity index (χ1v) is 9.56. The molecule has 2 aromatic carbocycles. The van der Waals surface area contributed by atoms with E-state index in [0.717, 1.165) is 10.7 Å². The number of aromatic nitrogens is 2. The molecule has 0 unspecified atom stereocenters. The zero-order valence-electron chi connectivity index (χ0n) is 12.6. The van der Waals surface area contributed by atoms with Gasteiger partial charge in [0.2, 0.25) is 5.88 Å². The van der Waals surface area contributed by atoms with Crippen LogP contribution in [0.5, 0.6) is 5.88 Å². The summed E-state index contributed by atoms with van der Waals surface area (Å²) in [5.41, 5.74) is 0.700. The minimum Gasteiger partial charge on any atom is -0.493 e. The summed E-state index contributed by atoms with van der Waals surface area (Å²) >= 11 is 0. The first-order valence-electron chi connectivity index (χ1n) is 6.68. The largest absolute Gasteiger partial charge is 0.493 e. The van der Waals surface area contributed by atoms with E-state index in [0.29, 0.717) is 17.4 Å². The minimum absolute atomic E-state index is 0.0333. The van der Waals surface area contributed by atoms with Crippen molar-refractivity contribution in [2.45, 2.75) is 16.7 Å². The molecule has 9 nitrogen and oxygen atoms in total. The van der Waals surface area contributed by atoms with Gasteiger partial charge in [0.1, 0.15) is 4.90 Å². The van der Waals surface area contributed by atoms with Crippen LogP contribution in [0.25, 0.3) is 16.5 Å². The van der Waals surface area contributed by atoms with Gasteiger partial charge in [0.15, 0.2) is 0 Å². The van der Waals surface area contributed by atoms with E-state index in [1.165, 1.54) is 18.2 Å². The second-order valence-electron chi connectivity index (χ2n) is 5.22. The predicted molar refractivity (Wildman–Crippen MR) is 85.9 cm³/mol. The average molecular weight is 383 g/mol. The molecule has 1 heterocycles. The van der Waals surface area contributed by atoms with Gasteiger partial charge in [-0.1, -0.05) is 6.07 Å². The zero-order valence-corrected chi connectivity index (χ0v) is 14.2. The van der Waals surface area contributed by atoms with Crippen molar-refractivity contribution in [3.05, 3.63) is 42.1 Å². The molecular weight excluding hydrogens is 372 g/mol. The van der Waals surface area contributed by atoms with Gasteiger partial charge in [0.05, 0.1) is 22.3 Å². The van der Waals surface area contributed by atoms with Gasteiger partial charge < -0.3 is 5.11 Å². The standard InChI is InChI=1S/C14H11N2O7S2/c1-8-4-14(17)16(15-8)10-2-3-12-9(5-10)6-11(24(18,19)20)7-13(12)25(21,22)23/h2-3,5-7,17H,1H3,(H,18,19,20)(H,21,22,23). The molecule has 0 aliphatic rings. The Morgan fingerprint density at radius 2 is 1.72 bits per heavy atom. The molecular formula is C14H11N2O7S2. The number of aryl methyl sites for hydroxylation is 1. The van der Waals surface area contributed by atoms with E-state index in [4.69, 9.17) is 0 Å². The van der Waals surface area contributed by atoms with Crippen LogP contribution >= 0.6 is 0 Å². The first-order chi connectivity index (χ1) is 11.5. The topological polar surface area (TPSA) is 147 Å². The summed E-state index contributed by atoms with van der Waals surface area (Å²) in [6.45, 7) is 1.60. The maximum Gasteiger partial charge on any atom is 0.295 e. The van der Waals surface area contributed by atoms with Crippen molar-refractivity contribution in [2.75, 3.05) is 0 Å². The number of hydrogen-bond acceptors (Lipinski definition) is 6. The van der Waals surface area contributed by atoms with E-state index in [1.54, 1.807) is 6.92 Å². The predicted octanol–water partition coefficient (Wildman–Crippen LogP) is 1.33. The molecule has 25 heavy (non-hydrogen) atoms. The molecule has 11 heteroatoms. The lowest BCUT2D eigenvalue weighted by atomic mass is 10.1. The third kappa shape index (κ3) is 3.22. The van der Waals surface area contributed by atoms with E-state index in [2.05, 4.69) is 11.2 Å². The lowest BCUT2D eigenvalue weighted by molar-refractivity contribution is 0.432. The fourth-order valence-corrected chi connectivity index (χ4v) is 3.76. The van der Waals surface area contributed by atoms with Crippen molar-refractivity contribution in [2.24, 2.45) is 0 Å². The van der Waals surface area contributed by atoms with Crippen molar-refractivity contribution < 1.29 is 31.0 Å². The van der Waals surface area contributed by atoms with Crippen LogP contribution in [-0.2, 0) is 20.2 Å². The van der Waals surface area contributed by atoms with Crippen LogP contribution in [0.4, 0.5) is 0 Å². The smallest absolute Gasteiger partial charge is 0.295 e. The lowest BCUT2D eigenvalue weighted by Gasteiger charge is -2.09. The molecule has 0 saturated heterocycles. The summed E-state index contributed by atoms with van der Waals surface area (Å²) in [5, 5.41) is 13.9. The highest BCUT2D eigenvalue weighted by Crippen LogP contribution is 2.30. The monoisotopic (exact) mass is 383 g/mol. The van der Waals surface area contributed by atoms with Gasteiger partial charge in [-0.2, -0.15) is 21.9 Å². The molecule has 3 aromatic rings. The van der Waals surface area contributed by atoms with Crippen molar-refractivity contribution in [3.63, 3.8) is 0 Å². The molecule has 0 amide bonds. The molecule has 1 aromatic heterocycles. The summed E-state index contributed by atoms with van der Waals surface area (Å²) in [4.78, 5) is -1.37. The van der Waals surface area contributed by atoms with E-state index in [9.17, 15) is 31.0 Å². The Bertz CT molecular complexity index is 1210. The zero-order chi connectivity index (χ0) is 18.6. The maximum absolute atomic E-state index is 11.6. The van der Waals surface area contributed by atoms with Gasteiger partial charge in [-0.25, -0.2) is 4.68 Å². The van der Waals surface area contributed by atoms with Crippen LogP contribution in [0.3, 0.4) is 0 Å². The summed E-state index contributed by atoms with van der Waals surface area (Å²) in [6.07, 6.45) is 0. The average Bonchev–Trinajstić information content (AvgIpc) is 2.82. The third-order valence-corrected chi connectivity index (χ3v) is 5.16. The number of fused-ring (bicyclic) bond motifs is 1. The minimum atomic E-state index is -4.75. The number of nitrogens with zero attached hydrogens (tertiary/aromatic N) is 2. The molecule has 0 aliphatic heterocycles. The molecule has 131 valence electrons. The highest BCUT2D eigenvalue weighted by molar-refractivity contribution is 7.86. The fraction of sp³-hybridized carbons (Fsp3) is 0.0714. The van der Waals surface area contributed by atoms with Gasteiger partial charge in [0, 0.05) is 5.39 Å². The lowest BCUT2D eigenvalue weighted by Crippen LogP contribution is -2.05. The molecule has 0 saturated carbocycles. The molecule has 1 radical (unpaired) electrons. The molecule has 3 rings (SSSR count). The Morgan fingerprint density at radius 1 is 1.04 bits per heavy atom. The maximum atomic E-state index is 11.6. The SMILES string of the molecule is Cc1[c]c(O)n(-c2ccc3c(S(=O)(=O)O)cc(S(=O)(=O)O)cc3c2)n1. The summed E-state index contributed by atoms with van der Waals surface area (Å²) in [7, 11) is -9.46. The van der Waals surface area contributed by atoms with Gasteiger partial charge >= 0.3 is 0 Å². The van der Waals surface area contributed by atoms with Crippen molar-refractivity contribution >= 4 is 31.0 Å². The summed E-state index contributed by atoms with van der Waals surface area (Å²) in [5.74, 6) is -0.294. The summed E-state index contributed by atoms with van der Waals surface area (Å²) < 4.78 is 65.5.